The van der Waals surface area contributed by atoms with E-state index in [1.54, 1.807) is 0 Å². The number of hydrogen-bond donors (Lipinski definition) is 1. The molecule has 25 heavy (non-hydrogen) atoms. The summed E-state index contributed by atoms with van der Waals surface area (Å²) in [6, 6.07) is 13.8. The van der Waals surface area contributed by atoms with Crippen molar-refractivity contribution in [2.45, 2.75) is 65.1 Å². The molecule has 1 unspecified atom stereocenters. The summed E-state index contributed by atoms with van der Waals surface area (Å²) in [6.07, 6.45) is 9.32. The third-order valence-corrected chi connectivity index (χ3v) is 9.69. The van der Waals surface area contributed by atoms with Crippen molar-refractivity contribution in [2.24, 2.45) is 5.92 Å². The first-order valence-electron chi connectivity index (χ1n) is 9.85. The maximum absolute atomic E-state index is 9.51. The molecule has 0 saturated heterocycles. The van der Waals surface area contributed by atoms with E-state index in [1.165, 1.54) is 11.1 Å². The molecule has 0 spiro atoms. The molecule has 3 heteroatoms. The van der Waals surface area contributed by atoms with E-state index in [9.17, 15) is 5.11 Å². The summed E-state index contributed by atoms with van der Waals surface area (Å²) in [5, 5.41) is 9.51. The highest BCUT2D eigenvalue weighted by molar-refractivity contribution is 6.73. The van der Waals surface area contributed by atoms with Gasteiger partial charge in [0.2, 0.25) is 8.32 Å². The standard InChI is InChI=1S/C22H36O2Si/c1-5-12-21(16-18-24-25(6-2,7-3)8-4)22(15-17-23)19-20-13-10-9-11-14-20/h9-11,13-14,16,18-19,21,23H,5-8,12,15,17H2,1-4H3/b18-16-,22-19-. The molecular formula is C22H36O2Si. The van der Waals surface area contributed by atoms with E-state index in [0.29, 0.717) is 12.3 Å². The topological polar surface area (TPSA) is 29.5 Å². The van der Waals surface area contributed by atoms with Crippen molar-refractivity contribution in [1.82, 2.24) is 0 Å². The zero-order chi connectivity index (χ0) is 18.5. The molecule has 0 radical (unpaired) electrons. The summed E-state index contributed by atoms with van der Waals surface area (Å²) < 4.78 is 6.30. The highest BCUT2D eigenvalue weighted by Gasteiger charge is 2.29. The maximum Gasteiger partial charge on any atom is 0.249 e. The summed E-state index contributed by atoms with van der Waals surface area (Å²) in [5.41, 5.74) is 2.48. The van der Waals surface area contributed by atoms with E-state index >= 15 is 0 Å². The molecule has 0 amide bonds. The molecule has 0 aromatic heterocycles. The minimum absolute atomic E-state index is 0.186. The van der Waals surface area contributed by atoms with Crippen LogP contribution in [0.1, 0.15) is 52.5 Å². The normalized spacial score (nSPS) is 14.0. The van der Waals surface area contributed by atoms with E-state index in [2.05, 4.69) is 64.1 Å². The minimum atomic E-state index is -1.59. The van der Waals surface area contributed by atoms with Crippen LogP contribution in [0, 0.1) is 5.92 Å². The van der Waals surface area contributed by atoms with Gasteiger partial charge in [-0.15, -0.1) is 0 Å². The van der Waals surface area contributed by atoms with E-state index in [0.717, 1.165) is 31.0 Å². The monoisotopic (exact) mass is 360 g/mol. The Bertz CT molecular complexity index is 510. The molecular weight excluding hydrogens is 324 g/mol. The minimum Gasteiger partial charge on any atom is -0.549 e. The second-order valence-corrected chi connectivity index (χ2v) is 11.4. The van der Waals surface area contributed by atoms with Crippen LogP contribution in [0.2, 0.25) is 18.1 Å². The SMILES string of the molecule is CCCC(/C=C\O[Si](CC)(CC)CC)/C(=C\c1ccccc1)CCO. The molecule has 1 aromatic rings. The number of aliphatic hydroxyl groups excluding tert-OH is 1. The Balaban J connectivity index is 2.97. The van der Waals surface area contributed by atoms with Crippen LogP contribution in [0.3, 0.4) is 0 Å². The number of hydrogen-bond acceptors (Lipinski definition) is 2. The zero-order valence-corrected chi connectivity index (χ0v) is 17.5. The summed E-state index contributed by atoms with van der Waals surface area (Å²) in [7, 11) is -1.59. The molecule has 0 heterocycles. The third-order valence-electron chi connectivity index (χ3n) is 5.19. The fraction of sp³-hybridized carbons (Fsp3) is 0.545. The molecule has 0 aliphatic heterocycles. The van der Waals surface area contributed by atoms with Crippen molar-refractivity contribution in [3.05, 3.63) is 53.8 Å². The van der Waals surface area contributed by atoms with Gasteiger partial charge in [0.15, 0.2) is 0 Å². The lowest BCUT2D eigenvalue weighted by atomic mass is 9.90. The molecule has 0 bridgehead atoms. The lowest BCUT2D eigenvalue weighted by Gasteiger charge is -2.27. The quantitative estimate of drug-likeness (QED) is 0.345. The maximum atomic E-state index is 9.51. The molecule has 1 aromatic carbocycles. The third kappa shape index (κ3) is 7.21. The van der Waals surface area contributed by atoms with Crippen LogP contribution in [-0.2, 0) is 4.43 Å². The van der Waals surface area contributed by atoms with Gasteiger partial charge in [-0.2, -0.15) is 0 Å². The van der Waals surface area contributed by atoms with Gasteiger partial charge in [0.05, 0.1) is 6.26 Å². The molecule has 1 atom stereocenters. The van der Waals surface area contributed by atoms with Gasteiger partial charge in [0, 0.05) is 12.5 Å². The second-order valence-electron chi connectivity index (χ2n) is 6.69. The first kappa shape index (κ1) is 21.7. The summed E-state index contributed by atoms with van der Waals surface area (Å²) >= 11 is 0. The Morgan fingerprint density at radius 1 is 1.08 bits per heavy atom. The van der Waals surface area contributed by atoms with E-state index in [1.807, 2.05) is 12.3 Å². The van der Waals surface area contributed by atoms with Crippen LogP contribution >= 0.6 is 0 Å². The number of allylic oxidation sites excluding steroid dienone is 1. The summed E-state index contributed by atoms with van der Waals surface area (Å²) in [4.78, 5) is 0. The summed E-state index contributed by atoms with van der Waals surface area (Å²) in [6.45, 7) is 9.16. The smallest absolute Gasteiger partial charge is 0.249 e. The molecule has 1 N–H and O–H groups in total. The molecule has 0 saturated carbocycles. The number of benzene rings is 1. The Hall–Kier alpha value is -1.32. The van der Waals surface area contributed by atoms with Gasteiger partial charge in [-0.05, 0) is 42.6 Å². The van der Waals surface area contributed by atoms with Crippen molar-refractivity contribution in [1.29, 1.82) is 0 Å². The first-order valence-corrected chi connectivity index (χ1v) is 12.4. The Labute approximate surface area is 155 Å². The lowest BCUT2D eigenvalue weighted by Crippen LogP contribution is -2.33. The van der Waals surface area contributed by atoms with Crippen molar-refractivity contribution >= 4 is 14.4 Å². The predicted molar refractivity (Wildman–Crippen MR) is 112 cm³/mol. The van der Waals surface area contributed by atoms with Crippen LogP contribution in [0.25, 0.3) is 6.08 Å². The van der Waals surface area contributed by atoms with Gasteiger partial charge in [-0.1, -0.05) is 76.1 Å². The second kappa shape index (κ2) is 12.1. The average Bonchev–Trinajstić information content (AvgIpc) is 2.65. The molecule has 0 fully saturated rings. The van der Waals surface area contributed by atoms with Gasteiger partial charge in [0.25, 0.3) is 0 Å². The van der Waals surface area contributed by atoms with Crippen LogP contribution in [-0.4, -0.2) is 20.0 Å². The van der Waals surface area contributed by atoms with Crippen molar-refractivity contribution in [2.75, 3.05) is 6.61 Å². The Kier molecular flexibility index (Phi) is 10.5. The number of aliphatic hydroxyl groups is 1. The molecule has 0 aliphatic carbocycles. The van der Waals surface area contributed by atoms with E-state index in [4.69, 9.17) is 4.43 Å². The summed E-state index contributed by atoms with van der Waals surface area (Å²) in [5.74, 6) is 0.328. The zero-order valence-electron chi connectivity index (χ0n) is 16.5. The van der Waals surface area contributed by atoms with Crippen molar-refractivity contribution in [3.8, 4) is 0 Å². The van der Waals surface area contributed by atoms with Gasteiger partial charge >= 0.3 is 0 Å². The van der Waals surface area contributed by atoms with Gasteiger partial charge in [-0.25, -0.2) is 0 Å². The van der Waals surface area contributed by atoms with E-state index in [-0.39, 0.29) is 6.61 Å². The van der Waals surface area contributed by atoms with Gasteiger partial charge in [0.1, 0.15) is 0 Å². The van der Waals surface area contributed by atoms with Crippen molar-refractivity contribution in [3.63, 3.8) is 0 Å². The molecule has 140 valence electrons. The van der Waals surface area contributed by atoms with Crippen LogP contribution < -0.4 is 0 Å². The van der Waals surface area contributed by atoms with Crippen molar-refractivity contribution < 1.29 is 9.53 Å². The fourth-order valence-electron chi connectivity index (χ4n) is 3.25. The van der Waals surface area contributed by atoms with Gasteiger partial charge < -0.3 is 9.53 Å². The highest BCUT2D eigenvalue weighted by Crippen LogP contribution is 2.26. The average molecular weight is 361 g/mol. The van der Waals surface area contributed by atoms with E-state index < -0.39 is 8.32 Å². The molecule has 0 aliphatic rings. The molecule has 2 nitrogen and oxygen atoms in total. The Morgan fingerprint density at radius 2 is 1.72 bits per heavy atom. The highest BCUT2D eigenvalue weighted by atomic mass is 28.4. The Morgan fingerprint density at radius 3 is 2.24 bits per heavy atom. The molecule has 1 rings (SSSR count). The fourth-order valence-corrected chi connectivity index (χ4v) is 5.62. The number of rotatable bonds is 12. The first-order chi connectivity index (χ1) is 12.1. The van der Waals surface area contributed by atoms with Crippen LogP contribution in [0.4, 0.5) is 0 Å². The largest absolute Gasteiger partial charge is 0.549 e. The lowest BCUT2D eigenvalue weighted by molar-refractivity contribution is 0.295. The predicted octanol–water partition coefficient (Wildman–Crippen LogP) is 6.40. The van der Waals surface area contributed by atoms with Crippen LogP contribution in [0.5, 0.6) is 0 Å². The van der Waals surface area contributed by atoms with Crippen LogP contribution in [0.15, 0.2) is 48.2 Å². The van der Waals surface area contributed by atoms with Gasteiger partial charge in [-0.3, -0.25) is 0 Å².